The molecule has 1 aliphatic rings. The Bertz CT molecular complexity index is 851. The number of hydrogen-bond acceptors (Lipinski definition) is 3. The molecule has 1 aliphatic heterocycles. The van der Waals surface area contributed by atoms with Crippen molar-refractivity contribution in [1.82, 2.24) is 0 Å². The first-order valence-electron chi connectivity index (χ1n) is 6.55. The molecule has 23 heavy (non-hydrogen) atoms. The number of nitrogens with zero attached hydrogens (tertiary/aromatic N) is 1. The number of para-hydroxylation sites is 2. The van der Waals surface area contributed by atoms with Gasteiger partial charge in [-0.2, -0.15) is 0 Å². The van der Waals surface area contributed by atoms with Crippen LogP contribution in [-0.4, -0.2) is 11.8 Å². The third-order valence-corrected chi connectivity index (χ3v) is 3.92. The van der Waals surface area contributed by atoms with Crippen molar-refractivity contribution >= 4 is 46.4 Å². The van der Waals surface area contributed by atoms with Crippen LogP contribution in [-0.2, 0) is 9.59 Å². The molecule has 0 saturated heterocycles. The van der Waals surface area contributed by atoms with Gasteiger partial charge < -0.3 is 5.32 Å². The van der Waals surface area contributed by atoms with E-state index in [-0.39, 0.29) is 27.1 Å². The molecule has 2 aromatic carbocycles. The molecule has 4 nitrogen and oxygen atoms in total. The van der Waals surface area contributed by atoms with Gasteiger partial charge in [0.1, 0.15) is 16.5 Å². The highest BCUT2D eigenvalue weighted by molar-refractivity contribution is 6.53. The minimum atomic E-state index is -0.719. The predicted molar refractivity (Wildman–Crippen MR) is 86.8 cm³/mol. The first kappa shape index (κ1) is 15.5. The number of imide groups is 1. The summed E-state index contributed by atoms with van der Waals surface area (Å²) in [7, 11) is 0. The molecular formula is C16H9Cl2FN2O2. The molecule has 3 rings (SSSR count). The van der Waals surface area contributed by atoms with E-state index in [1.165, 1.54) is 24.3 Å². The highest BCUT2D eigenvalue weighted by atomic mass is 35.5. The number of hydrogen-bond donors (Lipinski definition) is 1. The number of carbonyl (C=O) groups is 2. The molecule has 0 bridgehead atoms. The number of nitrogens with one attached hydrogen (secondary N) is 1. The SMILES string of the molecule is O=C1C(Cl)=C(Nc2ccccc2F)C(=O)N1c1ccccc1Cl. The predicted octanol–water partition coefficient (Wildman–Crippen LogP) is 3.91. The fourth-order valence-electron chi connectivity index (χ4n) is 2.16. The van der Waals surface area contributed by atoms with Crippen molar-refractivity contribution in [2.75, 3.05) is 10.2 Å². The first-order chi connectivity index (χ1) is 11.0. The van der Waals surface area contributed by atoms with Gasteiger partial charge >= 0.3 is 0 Å². The van der Waals surface area contributed by atoms with E-state index < -0.39 is 17.6 Å². The number of benzene rings is 2. The summed E-state index contributed by atoms with van der Waals surface area (Å²) in [4.78, 5) is 25.6. The maximum absolute atomic E-state index is 13.7. The molecule has 0 saturated carbocycles. The zero-order valence-electron chi connectivity index (χ0n) is 11.5. The summed E-state index contributed by atoms with van der Waals surface area (Å²) < 4.78 is 13.7. The van der Waals surface area contributed by atoms with Crippen LogP contribution in [0.15, 0.2) is 59.3 Å². The Hall–Kier alpha value is -2.37. The molecule has 116 valence electrons. The lowest BCUT2D eigenvalue weighted by atomic mass is 10.2. The Morgan fingerprint density at radius 1 is 0.913 bits per heavy atom. The number of rotatable bonds is 3. The Balaban J connectivity index is 1.97. The maximum Gasteiger partial charge on any atom is 0.283 e. The molecule has 0 atom stereocenters. The quantitative estimate of drug-likeness (QED) is 0.853. The summed E-state index contributed by atoms with van der Waals surface area (Å²) in [5.74, 6) is -1.99. The van der Waals surface area contributed by atoms with Crippen LogP contribution >= 0.6 is 23.2 Å². The standard InChI is InChI=1S/C16H9Cl2FN2O2/c17-9-5-1-4-8-12(9)21-15(22)13(18)14(16(21)23)20-11-7-3-2-6-10(11)19/h1-8,20H. The topological polar surface area (TPSA) is 49.4 Å². The van der Waals surface area contributed by atoms with Gasteiger partial charge in [-0.05, 0) is 24.3 Å². The van der Waals surface area contributed by atoms with Gasteiger partial charge in [-0.3, -0.25) is 9.59 Å². The van der Waals surface area contributed by atoms with E-state index in [1.54, 1.807) is 24.3 Å². The largest absolute Gasteiger partial charge is 0.347 e. The normalized spacial score (nSPS) is 14.7. The molecule has 1 heterocycles. The molecule has 0 aromatic heterocycles. The number of carbonyl (C=O) groups excluding carboxylic acids is 2. The summed E-state index contributed by atoms with van der Waals surface area (Å²) in [6.07, 6.45) is 0. The van der Waals surface area contributed by atoms with Crippen LogP contribution in [0.3, 0.4) is 0 Å². The van der Waals surface area contributed by atoms with E-state index in [0.29, 0.717) is 0 Å². The first-order valence-corrected chi connectivity index (χ1v) is 7.31. The van der Waals surface area contributed by atoms with Gasteiger partial charge in [-0.25, -0.2) is 9.29 Å². The van der Waals surface area contributed by atoms with Gasteiger partial charge in [0.25, 0.3) is 11.8 Å². The van der Waals surface area contributed by atoms with Crippen LogP contribution < -0.4 is 10.2 Å². The summed E-state index contributed by atoms with van der Waals surface area (Å²) in [6, 6.07) is 12.1. The van der Waals surface area contributed by atoms with Crippen LogP contribution in [0.2, 0.25) is 5.02 Å². The minimum Gasteiger partial charge on any atom is -0.347 e. The highest BCUT2D eigenvalue weighted by Gasteiger charge is 2.39. The Labute approximate surface area is 141 Å². The van der Waals surface area contributed by atoms with E-state index in [2.05, 4.69) is 5.32 Å². The number of halogens is 3. The smallest absolute Gasteiger partial charge is 0.283 e. The molecule has 2 aromatic rings. The van der Waals surface area contributed by atoms with Gasteiger partial charge in [0.05, 0.1) is 16.4 Å². The highest BCUT2D eigenvalue weighted by Crippen LogP contribution is 2.34. The van der Waals surface area contributed by atoms with E-state index in [1.807, 2.05) is 0 Å². The van der Waals surface area contributed by atoms with Crippen molar-refractivity contribution in [2.24, 2.45) is 0 Å². The molecular weight excluding hydrogens is 342 g/mol. The van der Waals surface area contributed by atoms with Crippen molar-refractivity contribution in [3.63, 3.8) is 0 Å². The molecule has 0 aliphatic carbocycles. The van der Waals surface area contributed by atoms with Crippen LogP contribution in [0.4, 0.5) is 15.8 Å². The minimum absolute atomic E-state index is 0.0443. The Morgan fingerprint density at radius 2 is 1.57 bits per heavy atom. The van der Waals surface area contributed by atoms with Gasteiger partial charge in [0.2, 0.25) is 0 Å². The average Bonchev–Trinajstić information content (AvgIpc) is 2.74. The fourth-order valence-corrected chi connectivity index (χ4v) is 2.59. The summed E-state index contributed by atoms with van der Waals surface area (Å²) >= 11 is 12.0. The van der Waals surface area contributed by atoms with E-state index in [0.717, 1.165) is 4.90 Å². The van der Waals surface area contributed by atoms with E-state index in [9.17, 15) is 14.0 Å². The molecule has 0 fully saturated rings. The second-order valence-electron chi connectivity index (χ2n) is 4.69. The van der Waals surface area contributed by atoms with Gasteiger partial charge in [0.15, 0.2) is 0 Å². The summed E-state index contributed by atoms with van der Waals surface area (Å²) in [5, 5.41) is 2.48. The summed E-state index contributed by atoms with van der Waals surface area (Å²) in [6.45, 7) is 0. The fraction of sp³-hybridized carbons (Fsp3) is 0. The second kappa shape index (κ2) is 6.02. The zero-order chi connectivity index (χ0) is 16.6. The van der Waals surface area contributed by atoms with Crippen molar-refractivity contribution in [3.05, 3.63) is 70.1 Å². The third kappa shape index (κ3) is 2.69. The van der Waals surface area contributed by atoms with Gasteiger partial charge in [-0.1, -0.05) is 47.5 Å². The lowest BCUT2D eigenvalue weighted by Crippen LogP contribution is -2.32. The van der Waals surface area contributed by atoms with Crippen LogP contribution in [0, 0.1) is 5.82 Å². The Morgan fingerprint density at radius 3 is 2.26 bits per heavy atom. The molecule has 0 radical (unpaired) electrons. The lowest BCUT2D eigenvalue weighted by molar-refractivity contribution is -0.120. The zero-order valence-corrected chi connectivity index (χ0v) is 13.0. The second-order valence-corrected chi connectivity index (χ2v) is 5.48. The van der Waals surface area contributed by atoms with E-state index in [4.69, 9.17) is 23.2 Å². The molecule has 7 heteroatoms. The monoisotopic (exact) mass is 350 g/mol. The van der Waals surface area contributed by atoms with Crippen LogP contribution in [0.5, 0.6) is 0 Å². The van der Waals surface area contributed by atoms with Crippen molar-refractivity contribution < 1.29 is 14.0 Å². The third-order valence-electron chi connectivity index (χ3n) is 3.25. The van der Waals surface area contributed by atoms with Crippen LogP contribution in [0.25, 0.3) is 0 Å². The van der Waals surface area contributed by atoms with E-state index >= 15 is 0 Å². The summed E-state index contributed by atoms with van der Waals surface area (Å²) in [5.41, 5.74) is 0.0668. The maximum atomic E-state index is 13.7. The average molecular weight is 351 g/mol. The molecule has 0 unspecified atom stereocenters. The lowest BCUT2D eigenvalue weighted by Gasteiger charge is -2.16. The van der Waals surface area contributed by atoms with Crippen molar-refractivity contribution in [3.8, 4) is 0 Å². The van der Waals surface area contributed by atoms with Crippen LogP contribution in [0.1, 0.15) is 0 Å². The molecule has 0 spiro atoms. The molecule has 1 N–H and O–H groups in total. The van der Waals surface area contributed by atoms with Gasteiger partial charge in [-0.15, -0.1) is 0 Å². The number of anilines is 2. The van der Waals surface area contributed by atoms with Gasteiger partial charge in [0, 0.05) is 0 Å². The molecule has 2 amide bonds. The van der Waals surface area contributed by atoms with Crippen molar-refractivity contribution in [1.29, 1.82) is 0 Å². The van der Waals surface area contributed by atoms with Crippen molar-refractivity contribution in [2.45, 2.75) is 0 Å². The number of amides is 2. The Kier molecular flexibility index (Phi) is 4.07.